The van der Waals surface area contributed by atoms with Gasteiger partial charge in [-0.2, -0.15) is 0 Å². The summed E-state index contributed by atoms with van der Waals surface area (Å²) in [6.07, 6.45) is 10.4. The van der Waals surface area contributed by atoms with Gasteiger partial charge in [-0.15, -0.1) is 0 Å². The average Bonchev–Trinajstić information content (AvgIpc) is 2.59. The monoisotopic (exact) mass is 333 g/mol. The van der Waals surface area contributed by atoms with E-state index < -0.39 is 0 Å². The molecule has 1 unspecified atom stereocenters. The zero-order valence-electron chi connectivity index (χ0n) is 16.2. The fraction of sp³-hybridized carbons (Fsp3) is 1.00. The van der Waals surface area contributed by atoms with E-state index in [1.54, 1.807) is 0 Å². The van der Waals surface area contributed by atoms with Crippen molar-refractivity contribution in [2.75, 3.05) is 39.3 Å². The third-order valence-corrected chi connectivity index (χ3v) is 4.86. The molecule has 6 heteroatoms. The Kier molecular flexibility index (Phi) is 13.0. The average molecular weight is 333 g/mol. The lowest BCUT2D eigenvalue weighted by atomic mass is 9.69. The summed E-state index contributed by atoms with van der Waals surface area (Å²) >= 11 is 0. The minimum Gasteiger partial charge on any atom is -0.317 e. The molecule has 0 aromatic heterocycles. The largest absolute Gasteiger partial charge is 0.317 e. The molecule has 0 spiro atoms. The van der Waals surface area contributed by atoms with Crippen molar-refractivity contribution in [3.8, 4) is 0 Å². The smallest absolute Gasteiger partial charge is 0.123 e. The maximum absolute atomic E-state index is 5.76. The Bertz CT molecular complexity index is 294. The van der Waals surface area contributed by atoms with E-state index in [9.17, 15) is 0 Å². The van der Waals surface area contributed by atoms with Crippen LogP contribution < -0.4 is 16.0 Å². The zero-order chi connectivity index (χ0) is 17.5. The lowest BCUT2D eigenvalue weighted by Crippen LogP contribution is -2.66. The van der Waals surface area contributed by atoms with Crippen LogP contribution in [0.5, 0.6) is 0 Å². The predicted octanol–water partition coefficient (Wildman–Crippen LogP) is 2.23. The van der Waals surface area contributed by atoms with Crippen LogP contribution in [0.1, 0.15) is 52.4 Å². The van der Waals surface area contributed by atoms with Crippen molar-refractivity contribution in [2.24, 2.45) is 0 Å². The Hall–Kier alpha value is -0.0301. The van der Waals surface area contributed by atoms with E-state index in [-0.39, 0.29) is 5.79 Å². The van der Waals surface area contributed by atoms with Gasteiger partial charge >= 0.3 is 0 Å². The van der Waals surface area contributed by atoms with E-state index in [4.69, 9.17) is 7.85 Å². The predicted molar refractivity (Wildman–Crippen MR) is 108 cm³/mol. The summed E-state index contributed by atoms with van der Waals surface area (Å²) in [5.41, 5.74) is 0. The van der Waals surface area contributed by atoms with Gasteiger partial charge in [-0.25, -0.2) is 0 Å². The summed E-state index contributed by atoms with van der Waals surface area (Å²) in [5, 5.41) is 11.1. The number of hydrogen-bond donors (Lipinski definition) is 3. The fourth-order valence-electron chi connectivity index (χ4n) is 3.25. The molecule has 0 saturated carbocycles. The molecule has 0 bridgehead atoms. The maximum atomic E-state index is 5.76. The first-order chi connectivity index (χ1) is 11.7. The van der Waals surface area contributed by atoms with Gasteiger partial charge in [-0.3, -0.25) is 15.5 Å². The number of unbranched alkanes of at least 4 members (excludes halogenated alkanes) is 1. The molecule has 3 N–H and O–H groups in total. The Morgan fingerprint density at radius 2 is 1.92 bits per heavy atom. The molecule has 0 amide bonds. The summed E-state index contributed by atoms with van der Waals surface area (Å²) in [4.78, 5) is 2.56. The lowest BCUT2D eigenvalue weighted by molar-refractivity contribution is 0.0374. The van der Waals surface area contributed by atoms with Crippen LogP contribution in [-0.2, 0) is 0 Å². The molecular weight excluding hydrogens is 294 g/mol. The molecule has 1 aliphatic rings. The van der Waals surface area contributed by atoms with Gasteiger partial charge in [0.1, 0.15) is 13.1 Å². The van der Waals surface area contributed by atoms with Crippen LogP contribution in [0, 0.1) is 0 Å². The molecule has 0 aromatic rings. The van der Waals surface area contributed by atoms with Crippen molar-refractivity contribution in [1.29, 1.82) is 0 Å². The van der Waals surface area contributed by atoms with Crippen LogP contribution in [0.3, 0.4) is 0 Å². The van der Waals surface area contributed by atoms with E-state index in [1.807, 2.05) is 0 Å². The first kappa shape index (κ1) is 22.0. The lowest BCUT2D eigenvalue weighted by Gasteiger charge is -2.43. The Morgan fingerprint density at radius 1 is 1.12 bits per heavy atom. The molecule has 1 aliphatic heterocycles. The minimum atomic E-state index is -0.115. The first-order valence-electron chi connectivity index (χ1n) is 10.2. The van der Waals surface area contributed by atoms with Crippen molar-refractivity contribution >= 4 is 15.1 Å². The quantitative estimate of drug-likeness (QED) is 0.401. The van der Waals surface area contributed by atoms with Crippen LogP contribution >= 0.6 is 0 Å². The van der Waals surface area contributed by atoms with Crippen molar-refractivity contribution in [3.63, 3.8) is 0 Å². The van der Waals surface area contributed by atoms with E-state index in [1.165, 1.54) is 44.7 Å². The van der Waals surface area contributed by atoms with Crippen molar-refractivity contribution < 1.29 is 0 Å². The first-order valence-corrected chi connectivity index (χ1v) is 10.2. The Morgan fingerprint density at radius 3 is 2.71 bits per heavy atom. The van der Waals surface area contributed by atoms with Crippen LogP contribution in [0.25, 0.3) is 0 Å². The van der Waals surface area contributed by atoms with Gasteiger partial charge < -0.3 is 5.32 Å². The maximum Gasteiger partial charge on any atom is 0.123 e. The SMILES string of the molecule is [B]CCCN1CCC[B]CCCNC1(C)NCCCNCCCC. The molecule has 0 aromatic carbocycles. The van der Waals surface area contributed by atoms with Gasteiger partial charge in [0.05, 0.1) is 7.85 Å². The van der Waals surface area contributed by atoms with E-state index >= 15 is 0 Å². The molecule has 4 nitrogen and oxygen atoms in total. The number of rotatable bonds is 11. The zero-order valence-corrected chi connectivity index (χ0v) is 16.2. The summed E-state index contributed by atoms with van der Waals surface area (Å²) in [6, 6.07) is 0. The van der Waals surface area contributed by atoms with E-state index in [0.29, 0.717) is 0 Å². The van der Waals surface area contributed by atoms with Gasteiger partial charge in [0.2, 0.25) is 0 Å². The van der Waals surface area contributed by atoms with Gasteiger partial charge in [-0.05, 0) is 65.2 Å². The molecule has 1 fully saturated rings. The fourth-order valence-corrected chi connectivity index (χ4v) is 3.25. The number of nitrogens with one attached hydrogen (secondary N) is 3. The summed E-state index contributed by atoms with van der Waals surface area (Å²) in [7, 11) is 8.20. The van der Waals surface area contributed by atoms with Crippen molar-refractivity contribution in [1.82, 2.24) is 20.9 Å². The minimum absolute atomic E-state index is 0.115. The van der Waals surface area contributed by atoms with E-state index in [2.05, 4.69) is 42.0 Å². The molecule has 1 rings (SSSR count). The highest BCUT2D eigenvalue weighted by molar-refractivity contribution is 6.35. The van der Waals surface area contributed by atoms with Gasteiger partial charge in [-0.1, -0.05) is 32.3 Å². The van der Waals surface area contributed by atoms with Crippen LogP contribution in [-0.4, -0.2) is 65.1 Å². The van der Waals surface area contributed by atoms with Crippen molar-refractivity contribution in [3.05, 3.63) is 0 Å². The third-order valence-electron chi connectivity index (χ3n) is 4.86. The molecular formula is C18H39B2N4. The summed E-state index contributed by atoms with van der Waals surface area (Å²) in [6.45, 7) is 11.1. The van der Waals surface area contributed by atoms with Crippen LogP contribution in [0.2, 0.25) is 19.0 Å². The number of nitrogens with zero attached hydrogens (tertiary/aromatic N) is 1. The highest BCUT2D eigenvalue weighted by Gasteiger charge is 2.30. The second-order valence-electron chi connectivity index (χ2n) is 7.09. The Labute approximate surface area is 152 Å². The van der Waals surface area contributed by atoms with Crippen LogP contribution in [0.4, 0.5) is 0 Å². The topological polar surface area (TPSA) is 39.3 Å². The second kappa shape index (κ2) is 14.2. The molecule has 3 radical (unpaired) electrons. The number of hydrogen-bond acceptors (Lipinski definition) is 4. The molecule has 137 valence electrons. The summed E-state index contributed by atoms with van der Waals surface area (Å²) in [5.74, 6) is -0.115. The molecule has 1 saturated heterocycles. The highest BCUT2D eigenvalue weighted by Crippen LogP contribution is 2.14. The normalized spacial score (nSPS) is 23.8. The molecule has 1 atom stereocenters. The summed E-state index contributed by atoms with van der Waals surface area (Å²) < 4.78 is 0. The van der Waals surface area contributed by atoms with Crippen molar-refractivity contribution in [2.45, 2.75) is 77.1 Å². The molecule has 24 heavy (non-hydrogen) atoms. The standard InChI is InChI=1S/C18H39B2N4/c1-3-4-12-21-13-8-15-23-18(2)22-14-6-10-20-11-7-17-24(18)16-5-9-19/h21-23H,3-17H2,1-2H3. The molecule has 0 aliphatic carbocycles. The van der Waals surface area contributed by atoms with E-state index in [0.717, 1.165) is 52.0 Å². The second-order valence-corrected chi connectivity index (χ2v) is 7.09. The van der Waals surface area contributed by atoms with Gasteiger partial charge in [0.15, 0.2) is 0 Å². The van der Waals surface area contributed by atoms with Gasteiger partial charge in [0, 0.05) is 13.1 Å². The molecule has 1 heterocycles. The van der Waals surface area contributed by atoms with Crippen LogP contribution in [0.15, 0.2) is 0 Å². The Balaban J connectivity index is 2.45. The third kappa shape index (κ3) is 9.45. The van der Waals surface area contributed by atoms with Gasteiger partial charge in [0.25, 0.3) is 0 Å². The highest BCUT2D eigenvalue weighted by atomic mass is 15.4.